The van der Waals surface area contributed by atoms with Crippen LogP contribution in [0.5, 0.6) is 0 Å². The molecule has 3 atom stereocenters. The Morgan fingerprint density at radius 3 is 2.18 bits per heavy atom. The van der Waals surface area contributed by atoms with E-state index in [0.717, 1.165) is 40.8 Å². The second kappa shape index (κ2) is 16.5. The monoisotopic (exact) mass is 692 g/mol. The number of imide groups is 1. The van der Waals surface area contributed by atoms with E-state index in [-0.39, 0.29) is 31.6 Å². The Morgan fingerprint density at radius 1 is 0.880 bits per heavy atom. The Bertz CT molecular complexity index is 1730. The van der Waals surface area contributed by atoms with Gasteiger partial charge in [0.15, 0.2) is 0 Å². The van der Waals surface area contributed by atoms with Crippen LogP contribution in [0.2, 0.25) is 0 Å². The molecule has 0 bridgehead atoms. The third-order valence-electron chi connectivity index (χ3n) is 8.24. The van der Waals surface area contributed by atoms with Gasteiger partial charge in [0.1, 0.15) is 24.3 Å². The lowest BCUT2D eigenvalue weighted by atomic mass is 9.74. The molecule has 1 aromatic heterocycles. The molecule has 0 aliphatic carbocycles. The van der Waals surface area contributed by atoms with Crippen LogP contribution in [0.15, 0.2) is 72.9 Å². The average Bonchev–Trinajstić information content (AvgIpc) is 3.61. The van der Waals surface area contributed by atoms with Gasteiger partial charge in [-0.15, -0.1) is 0 Å². The molecule has 12 nitrogen and oxygen atoms in total. The molecule has 0 unspecified atom stereocenters. The van der Waals surface area contributed by atoms with Crippen LogP contribution in [0.3, 0.4) is 0 Å². The summed E-state index contributed by atoms with van der Waals surface area (Å²) >= 11 is 0. The maximum absolute atomic E-state index is 14.8. The number of nitrogens with two attached hydrogens (primary N) is 1. The molecule has 6 N–H and O–H groups in total. The Morgan fingerprint density at radius 2 is 1.52 bits per heavy atom. The molecular formula is C36H42F2N6O6. The minimum Gasteiger partial charge on any atom is -0.383 e. The van der Waals surface area contributed by atoms with E-state index in [1.165, 1.54) is 0 Å². The van der Waals surface area contributed by atoms with Crippen molar-refractivity contribution in [2.24, 2.45) is 11.1 Å². The first-order valence-corrected chi connectivity index (χ1v) is 16.1. The smallest absolute Gasteiger partial charge is 0.254 e. The van der Waals surface area contributed by atoms with Gasteiger partial charge in [0.2, 0.25) is 17.7 Å². The lowest BCUT2D eigenvalue weighted by Crippen LogP contribution is -2.47. The van der Waals surface area contributed by atoms with E-state index in [1.807, 2.05) is 55.7 Å². The van der Waals surface area contributed by atoms with Crippen molar-refractivity contribution >= 4 is 29.5 Å². The van der Waals surface area contributed by atoms with Crippen molar-refractivity contribution in [1.82, 2.24) is 25.4 Å². The zero-order valence-corrected chi connectivity index (χ0v) is 28.1. The topological polar surface area (TPSA) is 176 Å². The number of nitrogens with zero attached hydrogens (tertiary/aromatic N) is 2. The molecule has 3 aromatic rings. The first kappa shape index (κ1) is 37.6. The summed E-state index contributed by atoms with van der Waals surface area (Å²) in [5.74, 6) is -4.98. The number of amides is 5. The van der Waals surface area contributed by atoms with Crippen molar-refractivity contribution < 1.29 is 37.9 Å². The van der Waals surface area contributed by atoms with E-state index in [4.69, 9.17) is 5.73 Å². The van der Waals surface area contributed by atoms with E-state index >= 15 is 0 Å². The van der Waals surface area contributed by atoms with Crippen molar-refractivity contribution in [3.63, 3.8) is 0 Å². The fourth-order valence-corrected chi connectivity index (χ4v) is 5.70. The molecule has 0 saturated carbocycles. The summed E-state index contributed by atoms with van der Waals surface area (Å²) in [4.78, 5) is 61.7. The van der Waals surface area contributed by atoms with Crippen LogP contribution in [0.25, 0.3) is 11.1 Å². The van der Waals surface area contributed by atoms with Crippen molar-refractivity contribution in [2.75, 3.05) is 26.2 Å². The maximum Gasteiger partial charge on any atom is 0.254 e. The molecule has 0 fully saturated rings. The summed E-state index contributed by atoms with van der Waals surface area (Å²) < 4.78 is 30.8. The number of hydrogen-bond acceptors (Lipinski definition) is 7. The molecule has 5 amide bonds. The van der Waals surface area contributed by atoms with Crippen molar-refractivity contribution in [3.05, 3.63) is 95.8 Å². The van der Waals surface area contributed by atoms with Crippen LogP contribution in [-0.4, -0.2) is 82.4 Å². The van der Waals surface area contributed by atoms with E-state index < -0.39 is 71.2 Å². The quantitative estimate of drug-likeness (QED) is 0.120. The fraction of sp³-hybridized carbons (Fsp3) is 0.361. The number of benzene rings is 2. The van der Waals surface area contributed by atoms with Crippen LogP contribution in [0, 0.1) is 17.0 Å². The van der Waals surface area contributed by atoms with Crippen molar-refractivity contribution in [3.8, 4) is 11.1 Å². The molecule has 50 heavy (non-hydrogen) atoms. The van der Waals surface area contributed by atoms with E-state index in [1.54, 1.807) is 12.3 Å². The number of nitrogens with one attached hydrogen (secondary N) is 3. The third-order valence-corrected chi connectivity index (χ3v) is 8.24. The Kier molecular flexibility index (Phi) is 12.4. The second-order valence-corrected chi connectivity index (χ2v) is 13.1. The van der Waals surface area contributed by atoms with Gasteiger partial charge in [-0.1, -0.05) is 51.1 Å². The molecule has 0 spiro atoms. The van der Waals surface area contributed by atoms with Crippen LogP contribution in [-0.2, 0) is 30.5 Å². The summed E-state index contributed by atoms with van der Waals surface area (Å²) in [6.45, 7) is 5.51. The molecule has 266 valence electrons. The zero-order valence-electron chi connectivity index (χ0n) is 28.1. The number of aliphatic hydroxyl groups is 1. The number of aromatic nitrogens is 1. The first-order chi connectivity index (χ1) is 23.6. The molecule has 4 rings (SSSR count). The highest BCUT2D eigenvalue weighted by Gasteiger charge is 2.39. The predicted octanol–water partition coefficient (Wildman–Crippen LogP) is 1.96. The largest absolute Gasteiger partial charge is 0.383 e. The summed E-state index contributed by atoms with van der Waals surface area (Å²) in [5, 5.41) is 19.2. The maximum atomic E-state index is 14.8. The predicted molar refractivity (Wildman–Crippen MR) is 181 cm³/mol. The Labute approximate surface area is 288 Å². The van der Waals surface area contributed by atoms with E-state index in [0.29, 0.717) is 17.8 Å². The van der Waals surface area contributed by atoms with Gasteiger partial charge in [0.25, 0.3) is 11.8 Å². The van der Waals surface area contributed by atoms with E-state index in [9.17, 15) is 37.9 Å². The van der Waals surface area contributed by atoms with Gasteiger partial charge in [-0.25, -0.2) is 8.78 Å². The van der Waals surface area contributed by atoms with Crippen LogP contribution in [0.4, 0.5) is 8.78 Å². The summed E-state index contributed by atoms with van der Waals surface area (Å²) in [6.07, 6.45) is 2.31. The number of halogens is 2. The average molecular weight is 693 g/mol. The SMILES string of the molecule is CC(C)(C)[C@H](c1cc(-c2cc(F)ccc2F)cn1Cc1ccccc1)[C@H](O)C(=O)NCC[C@H](N)C(=O)NCCNC(=O)CN1C(=O)C=CC1=O. The summed E-state index contributed by atoms with van der Waals surface area (Å²) in [7, 11) is 0. The van der Waals surface area contributed by atoms with Crippen molar-refractivity contribution in [1.29, 1.82) is 0 Å². The normalized spacial score (nSPS) is 14.7. The lowest BCUT2D eigenvalue weighted by Gasteiger charge is -2.35. The number of carbonyl (C=O) groups excluding carboxylic acids is 5. The van der Waals surface area contributed by atoms with Crippen LogP contribution >= 0.6 is 0 Å². The van der Waals surface area contributed by atoms with Gasteiger partial charge in [-0.3, -0.25) is 28.9 Å². The molecule has 14 heteroatoms. The van der Waals surface area contributed by atoms with Gasteiger partial charge in [0.05, 0.1) is 6.04 Å². The van der Waals surface area contributed by atoms with Gasteiger partial charge < -0.3 is 31.4 Å². The third kappa shape index (κ3) is 9.70. The molecule has 0 radical (unpaired) electrons. The summed E-state index contributed by atoms with van der Waals surface area (Å²) in [6, 6.07) is 13.3. The Hall–Kier alpha value is -5.21. The van der Waals surface area contributed by atoms with Crippen molar-refractivity contribution in [2.45, 2.75) is 51.8 Å². The number of hydrogen-bond donors (Lipinski definition) is 5. The fourth-order valence-electron chi connectivity index (χ4n) is 5.70. The molecular weight excluding hydrogens is 650 g/mol. The van der Waals surface area contributed by atoms with Crippen LogP contribution in [0.1, 0.15) is 44.4 Å². The highest BCUT2D eigenvalue weighted by molar-refractivity contribution is 6.14. The molecule has 2 aromatic carbocycles. The number of aliphatic hydroxyl groups excluding tert-OH is 1. The Balaban J connectivity index is 1.36. The van der Waals surface area contributed by atoms with E-state index in [2.05, 4.69) is 16.0 Å². The number of rotatable bonds is 15. The summed E-state index contributed by atoms with van der Waals surface area (Å²) in [5.41, 5.74) is 7.22. The highest BCUT2D eigenvalue weighted by atomic mass is 19.1. The highest BCUT2D eigenvalue weighted by Crippen LogP contribution is 2.41. The molecule has 0 saturated heterocycles. The lowest BCUT2D eigenvalue weighted by molar-refractivity contribution is -0.141. The second-order valence-electron chi connectivity index (χ2n) is 13.1. The van der Waals surface area contributed by atoms with Gasteiger partial charge in [-0.05, 0) is 41.7 Å². The molecule has 1 aliphatic heterocycles. The van der Waals surface area contributed by atoms with Gasteiger partial charge in [-0.2, -0.15) is 0 Å². The number of carbonyl (C=O) groups is 5. The van der Waals surface area contributed by atoms with Gasteiger partial charge in [0, 0.05) is 67.3 Å². The minimum atomic E-state index is -1.56. The molecule has 2 heterocycles. The van der Waals surface area contributed by atoms with Crippen LogP contribution < -0.4 is 21.7 Å². The molecule has 1 aliphatic rings. The van der Waals surface area contributed by atoms with Gasteiger partial charge >= 0.3 is 0 Å². The standard InChI is InChI=1S/C36H42F2N6O6/c1-36(2,3)32(28-17-23(25-18-24(37)9-10-26(25)38)20-43(28)19-22-7-5-4-6-8-22)33(48)35(50)41-14-13-27(39)34(49)42-16-15-40-29(45)21-44-30(46)11-12-31(44)47/h4-12,17-18,20,27,32-33,48H,13-16,19,21,39H2,1-3H3,(H,40,45)(H,41,50)(H,42,49)/t27-,32+,33-/m0/s1. The first-order valence-electron chi connectivity index (χ1n) is 16.1. The zero-order chi connectivity index (χ0) is 36.6. The minimum absolute atomic E-state index is 0.0254.